The summed E-state index contributed by atoms with van der Waals surface area (Å²) in [4.78, 5) is 4.19. The summed E-state index contributed by atoms with van der Waals surface area (Å²) in [5.41, 5.74) is 7.97. The highest BCUT2D eigenvalue weighted by molar-refractivity contribution is 5.72. The molecule has 2 rings (SSSR count). The predicted molar refractivity (Wildman–Crippen MR) is 69.6 cm³/mol. The molecule has 94 valence electrons. The van der Waals surface area contributed by atoms with Crippen molar-refractivity contribution >= 4 is 17.2 Å². The number of methoxy groups -OCH3 is 1. The Bertz CT molecular complexity index is 572. The fourth-order valence-electron chi connectivity index (χ4n) is 1.59. The Labute approximate surface area is 105 Å². The highest BCUT2D eigenvalue weighted by atomic mass is 19.1. The summed E-state index contributed by atoms with van der Waals surface area (Å²) in [7, 11) is 1.48. The lowest BCUT2D eigenvalue weighted by atomic mass is 10.2. The van der Waals surface area contributed by atoms with Crippen molar-refractivity contribution < 1.29 is 9.13 Å². The van der Waals surface area contributed by atoms with E-state index in [1.54, 1.807) is 12.3 Å². The number of ether oxygens (including phenoxy) is 1. The smallest absolute Gasteiger partial charge is 0.153 e. The summed E-state index contributed by atoms with van der Waals surface area (Å²) in [5, 5.41) is 3.02. The first kappa shape index (κ1) is 12.2. The average Bonchev–Trinajstić information content (AvgIpc) is 2.34. The number of nitrogens with one attached hydrogen (secondary N) is 1. The molecule has 0 amide bonds. The number of halogens is 1. The lowest BCUT2D eigenvalue weighted by Gasteiger charge is -2.12. The molecule has 1 aromatic carbocycles. The van der Waals surface area contributed by atoms with E-state index in [1.807, 2.05) is 13.0 Å². The molecule has 1 aromatic heterocycles. The third kappa shape index (κ3) is 2.51. The fraction of sp³-hybridized carbons (Fsp3) is 0.154. The second kappa shape index (κ2) is 4.91. The van der Waals surface area contributed by atoms with Gasteiger partial charge in [-0.05, 0) is 30.7 Å². The molecule has 0 unspecified atom stereocenters. The molecule has 3 N–H and O–H groups in total. The third-order valence-electron chi connectivity index (χ3n) is 2.47. The maximum atomic E-state index is 13.1. The molecule has 4 nitrogen and oxygen atoms in total. The first-order chi connectivity index (χ1) is 8.60. The highest BCUT2D eigenvalue weighted by Gasteiger charge is 2.07. The van der Waals surface area contributed by atoms with E-state index < -0.39 is 0 Å². The van der Waals surface area contributed by atoms with Crippen LogP contribution in [0.2, 0.25) is 0 Å². The molecule has 0 radical (unpaired) electrons. The molecule has 18 heavy (non-hydrogen) atoms. The molecular formula is C13H14FN3O. The Morgan fingerprint density at radius 1 is 1.33 bits per heavy atom. The number of benzene rings is 1. The summed E-state index contributed by atoms with van der Waals surface area (Å²) < 4.78 is 18.1. The quantitative estimate of drug-likeness (QED) is 0.875. The lowest BCUT2D eigenvalue weighted by Crippen LogP contribution is -2.01. The van der Waals surface area contributed by atoms with Crippen LogP contribution in [-0.2, 0) is 0 Å². The highest BCUT2D eigenvalue weighted by Crippen LogP contribution is 2.29. The maximum absolute atomic E-state index is 13.1. The van der Waals surface area contributed by atoms with Crippen molar-refractivity contribution in [2.45, 2.75) is 6.92 Å². The normalized spacial score (nSPS) is 10.2. The molecule has 0 spiro atoms. The molecule has 0 atom stereocenters. The number of nitrogens with two attached hydrogens (primary N) is 1. The van der Waals surface area contributed by atoms with Crippen molar-refractivity contribution in [3.05, 3.63) is 41.8 Å². The van der Waals surface area contributed by atoms with E-state index in [2.05, 4.69) is 10.3 Å². The van der Waals surface area contributed by atoms with Gasteiger partial charge in [-0.2, -0.15) is 0 Å². The summed E-state index contributed by atoms with van der Waals surface area (Å²) in [5.74, 6) is 0.560. The summed E-state index contributed by atoms with van der Waals surface area (Å²) in [6.45, 7) is 1.91. The predicted octanol–water partition coefficient (Wildman–Crippen LogP) is 2.86. The largest absolute Gasteiger partial charge is 0.494 e. The average molecular weight is 247 g/mol. The molecule has 0 aliphatic carbocycles. The first-order valence-corrected chi connectivity index (χ1v) is 5.43. The molecule has 0 bridgehead atoms. The molecule has 0 saturated carbocycles. The number of pyridine rings is 1. The van der Waals surface area contributed by atoms with Gasteiger partial charge in [-0.3, -0.25) is 0 Å². The van der Waals surface area contributed by atoms with Gasteiger partial charge in [0.1, 0.15) is 11.6 Å². The number of aromatic nitrogens is 1. The second-order valence-electron chi connectivity index (χ2n) is 3.92. The first-order valence-electron chi connectivity index (χ1n) is 5.43. The molecule has 0 aliphatic heterocycles. The summed E-state index contributed by atoms with van der Waals surface area (Å²) in [6, 6.07) is 6.03. The van der Waals surface area contributed by atoms with Gasteiger partial charge in [-0.1, -0.05) is 0 Å². The van der Waals surface area contributed by atoms with Gasteiger partial charge in [0.25, 0.3) is 0 Å². The number of hydrogen-bond donors (Lipinski definition) is 2. The molecule has 1 heterocycles. The van der Waals surface area contributed by atoms with Crippen LogP contribution >= 0.6 is 0 Å². The van der Waals surface area contributed by atoms with Crippen LogP contribution in [-0.4, -0.2) is 12.1 Å². The molecule has 2 aromatic rings. The zero-order valence-electron chi connectivity index (χ0n) is 10.2. The number of nitrogen functional groups attached to an aromatic ring is 1. The van der Waals surface area contributed by atoms with Gasteiger partial charge in [0.2, 0.25) is 0 Å². The van der Waals surface area contributed by atoms with E-state index in [9.17, 15) is 4.39 Å². The lowest BCUT2D eigenvalue weighted by molar-refractivity contribution is 0.413. The van der Waals surface area contributed by atoms with Crippen molar-refractivity contribution in [3.63, 3.8) is 0 Å². The molecule has 0 saturated heterocycles. The van der Waals surface area contributed by atoms with Gasteiger partial charge >= 0.3 is 0 Å². The van der Waals surface area contributed by atoms with Crippen molar-refractivity contribution in [1.29, 1.82) is 0 Å². The van der Waals surface area contributed by atoms with Crippen LogP contribution in [0.1, 0.15) is 5.56 Å². The van der Waals surface area contributed by atoms with Crippen molar-refractivity contribution in [3.8, 4) is 5.75 Å². The number of rotatable bonds is 3. The van der Waals surface area contributed by atoms with Crippen LogP contribution in [0, 0.1) is 12.7 Å². The second-order valence-corrected chi connectivity index (χ2v) is 3.92. The van der Waals surface area contributed by atoms with Gasteiger partial charge in [-0.15, -0.1) is 0 Å². The summed E-state index contributed by atoms with van der Waals surface area (Å²) >= 11 is 0. The Morgan fingerprint density at radius 2 is 2.11 bits per heavy atom. The number of anilines is 3. The van der Waals surface area contributed by atoms with Crippen LogP contribution in [0.4, 0.5) is 21.6 Å². The molecular weight excluding hydrogens is 233 g/mol. The molecule has 0 fully saturated rings. The monoisotopic (exact) mass is 247 g/mol. The van der Waals surface area contributed by atoms with Crippen molar-refractivity contribution in [2.75, 3.05) is 18.2 Å². The molecule has 0 aliphatic rings. The van der Waals surface area contributed by atoms with Gasteiger partial charge in [0.05, 0.1) is 18.5 Å². The van der Waals surface area contributed by atoms with E-state index in [0.29, 0.717) is 22.9 Å². The summed E-state index contributed by atoms with van der Waals surface area (Å²) in [6.07, 6.45) is 1.70. The minimum absolute atomic E-state index is 0.359. The number of hydrogen-bond acceptors (Lipinski definition) is 4. The van der Waals surface area contributed by atoms with E-state index in [4.69, 9.17) is 10.5 Å². The van der Waals surface area contributed by atoms with Crippen LogP contribution in [0.25, 0.3) is 0 Å². The van der Waals surface area contributed by atoms with Gasteiger partial charge in [-0.25, -0.2) is 9.37 Å². The maximum Gasteiger partial charge on any atom is 0.153 e. The van der Waals surface area contributed by atoms with Gasteiger partial charge < -0.3 is 15.8 Å². The van der Waals surface area contributed by atoms with E-state index in [1.165, 1.54) is 19.2 Å². The van der Waals surface area contributed by atoms with Gasteiger partial charge in [0.15, 0.2) is 5.82 Å². The van der Waals surface area contributed by atoms with Crippen LogP contribution in [0.5, 0.6) is 5.75 Å². The zero-order chi connectivity index (χ0) is 13.1. The Morgan fingerprint density at radius 3 is 2.78 bits per heavy atom. The fourth-order valence-corrected chi connectivity index (χ4v) is 1.59. The van der Waals surface area contributed by atoms with Crippen molar-refractivity contribution in [2.24, 2.45) is 0 Å². The minimum atomic E-state index is -0.359. The minimum Gasteiger partial charge on any atom is -0.494 e. The van der Waals surface area contributed by atoms with Gasteiger partial charge in [0, 0.05) is 12.3 Å². The van der Waals surface area contributed by atoms with E-state index >= 15 is 0 Å². The zero-order valence-corrected chi connectivity index (χ0v) is 10.2. The van der Waals surface area contributed by atoms with E-state index in [-0.39, 0.29) is 5.82 Å². The van der Waals surface area contributed by atoms with Crippen molar-refractivity contribution in [1.82, 2.24) is 4.98 Å². The third-order valence-corrected chi connectivity index (χ3v) is 2.47. The number of aryl methyl sites for hydroxylation is 1. The molecule has 5 heteroatoms. The van der Waals surface area contributed by atoms with Crippen LogP contribution in [0.3, 0.4) is 0 Å². The Kier molecular flexibility index (Phi) is 3.32. The van der Waals surface area contributed by atoms with Crippen LogP contribution in [0.15, 0.2) is 30.5 Å². The number of nitrogens with zero attached hydrogens (tertiary/aromatic N) is 1. The Hall–Kier alpha value is -2.30. The Balaban J connectivity index is 2.33. The topological polar surface area (TPSA) is 60.2 Å². The van der Waals surface area contributed by atoms with E-state index in [0.717, 1.165) is 5.56 Å². The SMILES string of the molecule is COc1cc(F)ccc1Nc1ncc(C)cc1N. The standard InChI is InChI=1S/C13H14FN3O/c1-8-5-10(15)13(16-7-8)17-11-4-3-9(14)6-12(11)18-2/h3-7H,15H2,1-2H3,(H,16,17). The van der Waals surface area contributed by atoms with Crippen LogP contribution < -0.4 is 15.8 Å².